The molecule has 9 fully saturated rings. The van der Waals surface area contributed by atoms with E-state index in [2.05, 4.69) is 11.5 Å². The highest BCUT2D eigenvalue weighted by atomic mass is 16.6. The smallest absolute Gasteiger partial charge is 0.338 e. The van der Waals surface area contributed by atoms with Crippen LogP contribution >= 0.6 is 0 Å². The highest BCUT2D eigenvalue weighted by Crippen LogP contribution is 2.88. The van der Waals surface area contributed by atoms with Crippen molar-refractivity contribution in [3.8, 4) is 0 Å². The molecular weight excluding hydrogens is 646 g/mol. The Kier molecular flexibility index (Phi) is 7.10. The van der Waals surface area contributed by atoms with Gasteiger partial charge in [0.05, 0.1) is 23.4 Å². The van der Waals surface area contributed by atoms with Crippen molar-refractivity contribution < 1.29 is 52.8 Å². The highest BCUT2D eigenvalue weighted by Gasteiger charge is 2.99. The number of carbonyl (C=O) groups is 5. The zero-order valence-corrected chi connectivity index (χ0v) is 29.3. The number of fused-ring (bicyclic) bond motifs is 1. The summed E-state index contributed by atoms with van der Waals surface area (Å²) >= 11 is 0. The van der Waals surface area contributed by atoms with Crippen LogP contribution in [0.25, 0.3) is 0 Å². The van der Waals surface area contributed by atoms with Gasteiger partial charge < -0.3 is 28.8 Å². The number of esters is 5. The molecule has 1 aromatic rings. The molecule has 6 aliphatic carbocycles. The average molecular weight is 692 g/mol. The maximum Gasteiger partial charge on any atom is 0.338 e. The summed E-state index contributed by atoms with van der Waals surface area (Å²) in [6, 6.07) is 7.63. The van der Waals surface area contributed by atoms with Crippen molar-refractivity contribution in [2.75, 3.05) is 6.54 Å². The Morgan fingerprint density at radius 2 is 1.54 bits per heavy atom. The van der Waals surface area contributed by atoms with Gasteiger partial charge in [-0.2, -0.15) is 0 Å². The van der Waals surface area contributed by atoms with Crippen molar-refractivity contribution in [2.24, 2.45) is 39.9 Å². The Bertz CT molecular complexity index is 1710. The predicted octanol–water partition coefficient (Wildman–Crippen LogP) is 2.99. The van der Waals surface area contributed by atoms with Gasteiger partial charge in [0, 0.05) is 55.5 Å². The molecule has 3 unspecified atom stereocenters. The fourth-order valence-corrected chi connectivity index (χ4v) is 12.9. The second-order valence-electron chi connectivity index (χ2n) is 16.2. The first kappa shape index (κ1) is 33.4. The molecule has 12 nitrogen and oxygen atoms in total. The summed E-state index contributed by atoms with van der Waals surface area (Å²) in [6.45, 7) is 14.3. The summed E-state index contributed by atoms with van der Waals surface area (Å²) in [7, 11) is 0. The molecule has 0 amide bonds. The van der Waals surface area contributed by atoms with E-state index in [1.807, 2.05) is 13.8 Å². The van der Waals surface area contributed by atoms with Crippen LogP contribution < -0.4 is 0 Å². The van der Waals surface area contributed by atoms with E-state index in [1.165, 1.54) is 20.8 Å². The first-order valence-electron chi connectivity index (χ1n) is 17.7. The summed E-state index contributed by atoms with van der Waals surface area (Å²) in [4.78, 5) is 68.7. The molecule has 0 radical (unpaired) electrons. The SMILES string of the molecule is C=C1C[C@@]23C[C@H]4[C@@H]5[C@]6(C)CN4[C@H]4[C@]5([C@H](OC(C)=O)[C@@H](OC(=O)C(C)CC)[C@H]6OC(C)=O)[C@@H]2[C@H](OC(C)=O)[C@@H]1C(OC(=O)c1ccccc1)[C@]43O. The summed E-state index contributed by atoms with van der Waals surface area (Å²) in [5.41, 5.74) is -3.63. The van der Waals surface area contributed by atoms with Crippen LogP contribution in [0, 0.1) is 39.9 Å². The van der Waals surface area contributed by atoms with Crippen LogP contribution in [0.5, 0.6) is 0 Å². The summed E-state index contributed by atoms with van der Waals surface area (Å²) < 4.78 is 31.4. The Morgan fingerprint density at radius 1 is 0.900 bits per heavy atom. The van der Waals surface area contributed by atoms with Gasteiger partial charge >= 0.3 is 29.8 Å². The van der Waals surface area contributed by atoms with Gasteiger partial charge in [-0.25, -0.2) is 4.79 Å². The third-order valence-electron chi connectivity index (χ3n) is 13.9. The van der Waals surface area contributed by atoms with Gasteiger partial charge in [0.2, 0.25) is 0 Å². The molecule has 9 aliphatic rings. The number of hydrogen-bond acceptors (Lipinski definition) is 12. The molecule has 16 atom stereocenters. The summed E-state index contributed by atoms with van der Waals surface area (Å²) in [5, 5.41) is 13.6. The second kappa shape index (κ2) is 10.6. The largest absolute Gasteiger partial charge is 0.461 e. The van der Waals surface area contributed by atoms with E-state index in [0.717, 1.165) is 0 Å². The van der Waals surface area contributed by atoms with E-state index in [4.69, 9.17) is 23.7 Å². The third-order valence-corrected chi connectivity index (χ3v) is 13.9. The summed E-state index contributed by atoms with van der Waals surface area (Å²) in [5.74, 6) is -5.12. The van der Waals surface area contributed by atoms with Gasteiger partial charge in [0.1, 0.15) is 23.9 Å². The third kappa shape index (κ3) is 3.76. The standard InChI is InChI=1S/C38H45NO11/c1-8-17(2)32(43)49-26-30(47-20(5)41)35(7)16-39-23-15-36-14-18(3)24-25(46-19(4)40)28(36)37(27(23)35,31(26)48-21(6)42)34(39)38(36,45)29(24)50-33(44)22-12-10-9-11-13-22/h9-13,17,23-31,34,45H,3,8,14-16H2,1-2,4-7H3/t17?,23-,24+,25+,26-,27+,28+,29?,30+,31+,34-,35-,36+,37-,38-/m0/s1. The van der Waals surface area contributed by atoms with Crippen LogP contribution in [0.2, 0.25) is 0 Å². The molecule has 1 aromatic carbocycles. The van der Waals surface area contributed by atoms with Crippen LogP contribution in [0.15, 0.2) is 42.5 Å². The molecule has 3 aliphatic heterocycles. The number of piperidine rings is 2. The topological polar surface area (TPSA) is 155 Å². The quantitative estimate of drug-likeness (QED) is 0.242. The first-order chi connectivity index (χ1) is 23.6. The molecule has 50 heavy (non-hydrogen) atoms. The van der Waals surface area contributed by atoms with E-state index in [9.17, 15) is 29.1 Å². The predicted molar refractivity (Wildman–Crippen MR) is 173 cm³/mol. The van der Waals surface area contributed by atoms with Gasteiger partial charge in [-0.3, -0.25) is 24.1 Å². The molecule has 10 rings (SSSR count). The van der Waals surface area contributed by atoms with E-state index in [0.29, 0.717) is 36.9 Å². The molecule has 9 bridgehead atoms. The molecule has 1 N–H and O–H groups in total. The minimum absolute atomic E-state index is 0.144. The van der Waals surface area contributed by atoms with Crippen LogP contribution in [0.1, 0.15) is 71.2 Å². The molecule has 3 saturated heterocycles. The van der Waals surface area contributed by atoms with Crippen molar-refractivity contribution in [2.45, 2.75) is 109 Å². The first-order valence-corrected chi connectivity index (χ1v) is 17.7. The fraction of sp³-hybridized carbons (Fsp3) is 0.658. The monoisotopic (exact) mass is 691 g/mol. The molecule has 12 heteroatoms. The molecular formula is C38H45NO11. The van der Waals surface area contributed by atoms with Crippen LogP contribution in [-0.4, -0.2) is 94.6 Å². The Hall–Kier alpha value is -3.77. The molecule has 3 heterocycles. The van der Waals surface area contributed by atoms with E-state index < -0.39 is 106 Å². The lowest BCUT2D eigenvalue weighted by atomic mass is 9.38. The van der Waals surface area contributed by atoms with Gasteiger partial charge in [-0.1, -0.05) is 51.1 Å². The van der Waals surface area contributed by atoms with Crippen molar-refractivity contribution in [1.29, 1.82) is 0 Å². The van der Waals surface area contributed by atoms with E-state index in [1.54, 1.807) is 37.3 Å². The minimum Gasteiger partial charge on any atom is -0.461 e. The van der Waals surface area contributed by atoms with Gasteiger partial charge in [0.15, 0.2) is 12.2 Å². The number of ether oxygens (including phenoxy) is 5. The lowest BCUT2D eigenvalue weighted by Gasteiger charge is -2.68. The van der Waals surface area contributed by atoms with Gasteiger partial charge in [0.25, 0.3) is 0 Å². The Balaban J connectivity index is 1.37. The van der Waals surface area contributed by atoms with Crippen molar-refractivity contribution in [1.82, 2.24) is 4.90 Å². The average Bonchev–Trinajstić information content (AvgIpc) is 3.49. The Labute approximate surface area is 290 Å². The zero-order chi connectivity index (χ0) is 35.9. The lowest BCUT2D eigenvalue weighted by Crippen LogP contribution is -2.77. The van der Waals surface area contributed by atoms with E-state index in [-0.39, 0.29) is 12.0 Å². The number of aliphatic hydroxyl groups is 1. The highest BCUT2D eigenvalue weighted by molar-refractivity contribution is 5.89. The zero-order valence-electron chi connectivity index (χ0n) is 29.3. The number of carbonyl (C=O) groups excluding carboxylic acids is 5. The lowest BCUT2D eigenvalue weighted by molar-refractivity contribution is -0.295. The van der Waals surface area contributed by atoms with Gasteiger partial charge in [-0.15, -0.1) is 0 Å². The molecule has 268 valence electrons. The van der Waals surface area contributed by atoms with Crippen molar-refractivity contribution in [3.05, 3.63) is 48.0 Å². The minimum atomic E-state index is -1.69. The molecule has 6 saturated carbocycles. The van der Waals surface area contributed by atoms with Crippen LogP contribution in [0.4, 0.5) is 0 Å². The number of hydrogen-bond donors (Lipinski definition) is 1. The maximum atomic E-state index is 13.8. The molecule has 2 spiro atoms. The second-order valence-corrected chi connectivity index (χ2v) is 16.2. The molecule has 0 aromatic heterocycles. The number of benzene rings is 1. The van der Waals surface area contributed by atoms with Crippen molar-refractivity contribution >= 4 is 29.8 Å². The summed E-state index contributed by atoms with van der Waals surface area (Å²) in [6.07, 6.45) is -4.12. The number of nitrogens with zero attached hydrogens (tertiary/aromatic N) is 1. The number of rotatable bonds is 8. The maximum absolute atomic E-state index is 13.8. The van der Waals surface area contributed by atoms with Crippen molar-refractivity contribution in [3.63, 3.8) is 0 Å². The Morgan fingerprint density at radius 3 is 2.16 bits per heavy atom. The van der Waals surface area contributed by atoms with Gasteiger partial charge in [-0.05, 0) is 37.3 Å². The normalized spacial score (nSPS) is 47.0. The van der Waals surface area contributed by atoms with E-state index >= 15 is 0 Å². The fourth-order valence-electron chi connectivity index (χ4n) is 12.9. The van der Waals surface area contributed by atoms with Crippen LogP contribution in [0.3, 0.4) is 0 Å². The van der Waals surface area contributed by atoms with Crippen LogP contribution in [-0.2, 0) is 42.9 Å².